The fraction of sp³-hybridized carbons (Fsp3) is 0.250. The van der Waals surface area contributed by atoms with Crippen LogP contribution in [0.1, 0.15) is 22.3 Å². The lowest BCUT2D eigenvalue weighted by atomic mass is 9.93. The summed E-state index contributed by atoms with van der Waals surface area (Å²) >= 11 is 0. The number of carbonyl (C=O) groups is 3. The zero-order valence-corrected chi connectivity index (χ0v) is 20.7. The molecule has 0 fully saturated rings. The molecule has 0 radical (unpaired) electrons. The molecule has 3 aromatic carbocycles. The van der Waals surface area contributed by atoms with E-state index in [2.05, 4.69) is 5.32 Å². The van der Waals surface area contributed by atoms with Crippen molar-refractivity contribution in [2.24, 2.45) is 0 Å². The number of hydrogen-bond donors (Lipinski definition) is 1. The number of para-hydroxylation sites is 1. The van der Waals surface area contributed by atoms with Crippen LogP contribution in [0, 0.1) is 10.1 Å². The fourth-order valence-electron chi connectivity index (χ4n) is 4.44. The first-order valence-electron chi connectivity index (χ1n) is 12.0. The van der Waals surface area contributed by atoms with E-state index in [4.69, 9.17) is 9.47 Å². The average molecular weight is 518 g/mol. The Morgan fingerprint density at radius 2 is 1.66 bits per heavy atom. The van der Waals surface area contributed by atoms with Gasteiger partial charge in [0.15, 0.2) is 0 Å². The topological polar surface area (TPSA) is 128 Å². The molecule has 0 spiro atoms. The Kier molecular flexibility index (Phi) is 8.32. The van der Waals surface area contributed by atoms with Gasteiger partial charge in [-0.25, -0.2) is 9.59 Å². The Morgan fingerprint density at radius 1 is 1.00 bits per heavy atom. The van der Waals surface area contributed by atoms with Gasteiger partial charge in [-0.3, -0.25) is 19.8 Å². The van der Waals surface area contributed by atoms with E-state index < -0.39 is 35.0 Å². The quantitative estimate of drug-likeness (QED) is 0.275. The Labute approximate surface area is 219 Å². The standard InChI is InChI=1S/C28H27N3O7/c1-37-27(33)23(15-21-12-7-8-14-24(21)31(35)36)29-26(32)25-16-20-11-5-6-13-22(20)17-30(25)28(34)38-18-19-9-3-2-4-10-19/h2-14,23,25H,15-18H2,1H3,(H,29,32)/t23-,25+/m1/s1. The summed E-state index contributed by atoms with van der Waals surface area (Å²) < 4.78 is 10.4. The van der Waals surface area contributed by atoms with Gasteiger partial charge in [0, 0.05) is 24.5 Å². The molecule has 0 saturated heterocycles. The maximum Gasteiger partial charge on any atom is 0.411 e. The first kappa shape index (κ1) is 26.3. The number of hydrogen-bond acceptors (Lipinski definition) is 7. The summed E-state index contributed by atoms with van der Waals surface area (Å²) in [5, 5.41) is 14.1. The first-order chi connectivity index (χ1) is 18.4. The number of methoxy groups -OCH3 is 1. The number of amides is 2. The van der Waals surface area contributed by atoms with E-state index in [1.54, 1.807) is 6.07 Å². The molecule has 1 N–H and O–H groups in total. The van der Waals surface area contributed by atoms with E-state index in [1.807, 2.05) is 54.6 Å². The number of rotatable bonds is 8. The minimum Gasteiger partial charge on any atom is -0.467 e. The molecule has 196 valence electrons. The largest absolute Gasteiger partial charge is 0.467 e. The van der Waals surface area contributed by atoms with Crippen molar-refractivity contribution in [3.8, 4) is 0 Å². The van der Waals surface area contributed by atoms with Crippen molar-refractivity contribution in [3.63, 3.8) is 0 Å². The van der Waals surface area contributed by atoms with Crippen molar-refractivity contribution in [2.45, 2.75) is 38.1 Å². The summed E-state index contributed by atoms with van der Waals surface area (Å²) in [5.41, 5.74) is 2.68. The molecule has 4 rings (SSSR count). The second-order valence-electron chi connectivity index (χ2n) is 8.83. The minimum absolute atomic E-state index is 0.0363. The lowest BCUT2D eigenvalue weighted by Crippen LogP contribution is -2.56. The summed E-state index contributed by atoms with van der Waals surface area (Å²) in [6.45, 7) is 0.184. The van der Waals surface area contributed by atoms with Gasteiger partial charge in [-0.1, -0.05) is 72.8 Å². The van der Waals surface area contributed by atoms with Crippen LogP contribution in [0.25, 0.3) is 0 Å². The van der Waals surface area contributed by atoms with Crippen LogP contribution >= 0.6 is 0 Å². The molecule has 38 heavy (non-hydrogen) atoms. The fourth-order valence-corrected chi connectivity index (χ4v) is 4.44. The minimum atomic E-state index is -1.20. The lowest BCUT2D eigenvalue weighted by Gasteiger charge is -2.35. The number of nitrogens with one attached hydrogen (secondary N) is 1. The van der Waals surface area contributed by atoms with E-state index >= 15 is 0 Å². The van der Waals surface area contributed by atoms with Gasteiger partial charge in [0.25, 0.3) is 5.69 Å². The molecule has 10 nitrogen and oxygen atoms in total. The van der Waals surface area contributed by atoms with Crippen LogP contribution in [0.2, 0.25) is 0 Å². The van der Waals surface area contributed by atoms with Crippen LogP contribution < -0.4 is 5.32 Å². The highest BCUT2D eigenvalue weighted by Gasteiger charge is 2.37. The SMILES string of the molecule is COC(=O)[C@@H](Cc1ccccc1[N+](=O)[O-])NC(=O)[C@@H]1Cc2ccccc2CN1C(=O)OCc1ccccc1. The van der Waals surface area contributed by atoms with Gasteiger partial charge in [-0.05, 0) is 16.7 Å². The molecule has 1 aliphatic rings. The predicted molar refractivity (Wildman–Crippen MR) is 137 cm³/mol. The molecular weight excluding hydrogens is 490 g/mol. The number of nitro groups is 1. The van der Waals surface area contributed by atoms with E-state index in [-0.39, 0.29) is 37.2 Å². The van der Waals surface area contributed by atoms with E-state index in [0.717, 1.165) is 16.7 Å². The Morgan fingerprint density at radius 3 is 2.37 bits per heavy atom. The van der Waals surface area contributed by atoms with Gasteiger partial charge in [0.1, 0.15) is 18.7 Å². The second-order valence-corrected chi connectivity index (χ2v) is 8.83. The summed E-state index contributed by atoms with van der Waals surface area (Å²) in [7, 11) is 1.17. The van der Waals surface area contributed by atoms with Gasteiger partial charge >= 0.3 is 12.1 Å². The zero-order chi connectivity index (χ0) is 27.1. The number of nitro benzene ring substituents is 1. The summed E-state index contributed by atoms with van der Waals surface area (Å²) in [6, 6.07) is 20.5. The normalized spacial score (nSPS) is 15.1. The number of carbonyl (C=O) groups excluding carboxylic acids is 3. The van der Waals surface area contributed by atoms with E-state index in [0.29, 0.717) is 0 Å². The van der Waals surface area contributed by atoms with Crippen LogP contribution in [-0.4, -0.2) is 47.0 Å². The number of fused-ring (bicyclic) bond motifs is 1. The van der Waals surface area contributed by atoms with Gasteiger partial charge in [0.05, 0.1) is 18.6 Å². The number of esters is 1. The predicted octanol–water partition coefficient (Wildman–Crippen LogP) is 3.56. The van der Waals surface area contributed by atoms with Crippen LogP contribution in [0.5, 0.6) is 0 Å². The summed E-state index contributed by atoms with van der Waals surface area (Å²) in [6.07, 6.45) is -0.615. The van der Waals surface area contributed by atoms with Crippen molar-refractivity contribution in [2.75, 3.05) is 7.11 Å². The highest BCUT2D eigenvalue weighted by molar-refractivity contribution is 5.90. The summed E-state index contributed by atoms with van der Waals surface area (Å²) in [4.78, 5) is 51.5. The average Bonchev–Trinajstić information content (AvgIpc) is 2.95. The third kappa shape index (κ3) is 6.15. The van der Waals surface area contributed by atoms with E-state index in [9.17, 15) is 24.5 Å². The molecular formula is C28H27N3O7. The van der Waals surface area contributed by atoms with Crippen molar-refractivity contribution in [1.29, 1.82) is 0 Å². The molecule has 3 aromatic rings. The number of ether oxygens (including phenoxy) is 2. The van der Waals surface area contributed by atoms with Gasteiger partial charge < -0.3 is 14.8 Å². The first-order valence-corrected chi connectivity index (χ1v) is 12.0. The highest BCUT2D eigenvalue weighted by atomic mass is 16.6. The van der Waals surface area contributed by atoms with Crippen molar-refractivity contribution in [3.05, 3.63) is 111 Å². The molecule has 0 saturated carbocycles. The molecule has 2 amide bonds. The molecule has 2 atom stereocenters. The van der Waals surface area contributed by atoms with E-state index in [1.165, 1.54) is 30.2 Å². The molecule has 0 aromatic heterocycles. The third-order valence-corrected chi connectivity index (χ3v) is 6.41. The Balaban J connectivity index is 1.56. The maximum atomic E-state index is 13.5. The highest BCUT2D eigenvalue weighted by Crippen LogP contribution is 2.25. The van der Waals surface area contributed by atoms with Crippen molar-refractivity contribution >= 4 is 23.7 Å². The van der Waals surface area contributed by atoms with Crippen molar-refractivity contribution < 1.29 is 28.8 Å². The Hall–Kier alpha value is -4.73. The second kappa shape index (κ2) is 12.0. The van der Waals surface area contributed by atoms with Gasteiger partial charge in [-0.15, -0.1) is 0 Å². The van der Waals surface area contributed by atoms with Crippen molar-refractivity contribution in [1.82, 2.24) is 10.2 Å². The van der Waals surface area contributed by atoms with Gasteiger partial charge in [0.2, 0.25) is 5.91 Å². The molecule has 0 bridgehead atoms. The lowest BCUT2D eigenvalue weighted by molar-refractivity contribution is -0.385. The third-order valence-electron chi connectivity index (χ3n) is 6.41. The zero-order valence-electron chi connectivity index (χ0n) is 20.7. The molecule has 10 heteroatoms. The molecule has 1 heterocycles. The Bertz CT molecular complexity index is 1330. The smallest absolute Gasteiger partial charge is 0.411 e. The monoisotopic (exact) mass is 517 g/mol. The van der Waals surface area contributed by atoms with Crippen LogP contribution in [0.15, 0.2) is 78.9 Å². The van der Waals surface area contributed by atoms with Crippen LogP contribution in [0.3, 0.4) is 0 Å². The van der Waals surface area contributed by atoms with Crippen LogP contribution in [-0.2, 0) is 45.1 Å². The molecule has 0 aliphatic carbocycles. The number of nitrogens with zero attached hydrogens (tertiary/aromatic N) is 2. The summed E-state index contributed by atoms with van der Waals surface area (Å²) in [5.74, 6) is -1.35. The maximum absolute atomic E-state index is 13.5. The number of benzene rings is 3. The van der Waals surface area contributed by atoms with Crippen LogP contribution in [0.4, 0.5) is 10.5 Å². The molecule has 0 unspecified atom stereocenters. The molecule has 1 aliphatic heterocycles. The van der Waals surface area contributed by atoms with Gasteiger partial charge in [-0.2, -0.15) is 0 Å².